The Kier molecular flexibility index (Phi) is 5.69. The van der Waals surface area contributed by atoms with Crippen molar-refractivity contribution in [2.45, 2.75) is 98.0 Å². The van der Waals surface area contributed by atoms with Crippen LogP contribution in [0, 0.1) is 45.3 Å². The lowest BCUT2D eigenvalue weighted by Gasteiger charge is -2.61. The van der Waals surface area contributed by atoms with Crippen LogP contribution < -0.4 is 0 Å². The summed E-state index contributed by atoms with van der Waals surface area (Å²) in [6, 6.07) is 0. The molecule has 1 spiro atoms. The molecule has 5 heteroatoms. The van der Waals surface area contributed by atoms with Gasteiger partial charge in [0.05, 0.1) is 0 Å². The third kappa shape index (κ3) is 3.21. The van der Waals surface area contributed by atoms with Gasteiger partial charge in [0.15, 0.2) is 0 Å². The molecule has 1 aliphatic heterocycles. The van der Waals surface area contributed by atoms with Gasteiger partial charge in [0.2, 0.25) is 0 Å². The van der Waals surface area contributed by atoms with Crippen LogP contribution in [0.25, 0.3) is 0 Å². The largest absolute Gasteiger partial charge is 0.481 e. The van der Waals surface area contributed by atoms with Crippen molar-refractivity contribution in [1.82, 2.24) is 0 Å². The number of carboxylic acids is 1. The summed E-state index contributed by atoms with van der Waals surface area (Å²) >= 11 is 0. The number of aliphatic carboxylic acids is 1. The Morgan fingerprint density at radius 1 is 1.26 bits per heavy atom. The minimum absolute atomic E-state index is 0.0116. The first-order chi connectivity index (χ1) is 16.5. The number of carboxylic acid groups (broad SMARTS) is 1. The van der Waals surface area contributed by atoms with E-state index in [4.69, 9.17) is 4.74 Å². The summed E-state index contributed by atoms with van der Waals surface area (Å²) in [7, 11) is 0. The fraction of sp³-hybridized carbons (Fsp3) is 0.767. The van der Waals surface area contributed by atoms with E-state index in [0.29, 0.717) is 29.7 Å². The van der Waals surface area contributed by atoms with Crippen LogP contribution in [-0.4, -0.2) is 29.4 Å². The lowest BCUT2D eigenvalue weighted by molar-refractivity contribution is -0.158. The highest BCUT2D eigenvalue weighted by Gasteiger charge is 2.83. The number of aldehydes is 1. The van der Waals surface area contributed by atoms with Crippen molar-refractivity contribution in [1.29, 1.82) is 0 Å². The van der Waals surface area contributed by atoms with Gasteiger partial charge in [0, 0.05) is 17.9 Å². The van der Waals surface area contributed by atoms with Crippen molar-refractivity contribution in [2.75, 3.05) is 0 Å². The average molecular weight is 483 g/mol. The molecule has 192 valence electrons. The molecule has 0 bridgehead atoms. The van der Waals surface area contributed by atoms with Gasteiger partial charge in [-0.05, 0) is 110 Å². The second kappa shape index (κ2) is 8.05. The normalized spacial score (nSPS) is 46.7. The minimum Gasteiger partial charge on any atom is -0.481 e. The molecule has 0 aromatic carbocycles. The summed E-state index contributed by atoms with van der Waals surface area (Å²) < 4.78 is 5.92. The van der Waals surface area contributed by atoms with E-state index in [2.05, 4.69) is 33.4 Å². The lowest BCUT2D eigenvalue weighted by Crippen LogP contribution is -2.56. The molecule has 0 aromatic rings. The maximum absolute atomic E-state index is 12.6. The van der Waals surface area contributed by atoms with Crippen molar-refractivity contribution in [2.24, 2.45) is 45.3 Å². The molecule has 5 rings (SSSR count). The molecular formula is C30H42O5. The Morgan fingerprint density at radius 2 is 2.00 bits per heavy atom. The van der Waals surface area contributed by atoms with E-state index in [1.165, 1.54) is 19.3 Å². The highest BCUT2D eigenvalue weighted by molar-refractivity contribution is 5.91. The number of carbonyl (C=O) groups is 3. The van der Waals surface area contributed by atoms with Gasteiger partial charge < -0.3 is 9.84 Å². The molecule has 1 N–H and O–H groups in total. The van der Waals surface area contributed by atoms with Gasteiger partial charge in [-0.1, -0.05) is 33.4 Å². The SMILES string of the molecule is C=C1C(=O)O[C@H]2C[C@H]3[C@@]4(CC[C@@]5(C)[C@H]([C@@H](C)CCC=C(C)C=O)CC[C@]35C)C[C@@]4(CCC(=O)O)[C@@H]12. The van der Waals surface area contributed by atoms with Gasteiger partial charge in [-0.2, -0.15) is 0 Å². The molecule has 35 heavy (non-hydrogen) atoms. The molecule has 5 aliphatic rings. The molecule has 1 heterocycles. The number of ether oxygens (including phenoxy) is 1. The molecule has 0 aromatic heterocycles. The van der Waals surface area contributed by atoms with Crippen LogP contribution in [0.2, 0.25) is 0 Å². The zero-order valence-corrected chi connectivity index (χ0v) is 21.9. The van der Waals surface area contributed by atoms with E-state index >= 15 is 0 Å². The fourth-order valence-electron chi connectivity index (χ4n) is 10.3. The maximum Gasteiger partial charge on any atom is 0.334 e. The summed E-state index contributed by atoms with van der Waals surface area (Å²) in [5, 5.41) is 9.54. The third-order valence-electron chi connectivity index (χ3n) is 12.2. The minimum atomic E-state index is -0.753. The van der Waals surface area contributed by atoms with Crippen molar-refractivity contribution >= 4 is 18.2 Å². The highest BCUT2D eigenvalue weighted by atomic mass is 16.6. The quantitative estimate of drug-likeness (QED) is 0.256. The van der Waals surface area contributed by atoms with Crippen molar-refractivity contribution < 1.29 is 24.2 Å². The zero-order chi connectivity index (χ0) is 25.4. The number of allylic oxidation sites excluding steroid dienone is 2. The molecule has 4 aliphatic carbocycles. The van der Waals surface area contributed by atoms with Crippen LogP contribution in [0.4, 0.5) is 0 Å². The molecule has 1 saturated heterocycles. The zero-order valence-electron chi connectivity index (χ0n) is 21.9. The van der Waals surface area contributed by atoms with E-state index in [-0.39, 0.29) is 46.1 Å². The summed E-state index contributed by atoms with van der Waals surface area (Å²) in [5.41, 5.74) is 1.76. The Labute approximate surface area is 209 Å². The summed E-state index contributed by atoms with van der Waals surface area (Å²) in [6.45, 7) is 13.4. The number of hydrogen-bond acceptors (Lipinski definition) is 4. The van der Waals surface area contributed by atoms with Gasteiger partial charge in [-0.15, -0.1) is 0 Å². The smallest absolute Gasteiger partial charge is 0.334 e. The lowest BCUT2D eigenvalue weighted by atomic mass is 9.43. The Morgan fingerprint density at radius 3 is 2.69 bits per heavy atom. The average Bonchev–Trinajstić information content (AvgIpc) is 3.27. The van der Waals surface area contributed by atoms with Gasteiger partial charge in [-0.25, -0.2) is 4.79 Å². The summed E-state index contributed by atoms with van der Waals surface area (Å²) in [5.74, 6) is 0.652. The predicted molar refractivity (Wildman–Crippen MR) is 133 cm³/mol. The number of fused-ring (bicyclic) bond motifs is 4. The standard InChI is InChI=1S/C30H42O5/c1-18(16-31)7-6-8-19(2)21-9-11-28(5)23-15-22-25(20(3)26(34)35-22)30(12-10-24(32)33)17-29(23,30)14-13-27(21,28)4/h7,16,19,21-23,25H,3,6,8-15,17H2,1-2,4-5H3,(H,32,33)/t19-,21-,22-,23+,25-,27-,28+,29+,30-/m0/s1. The molecule has 0 amide bonds. The maximum atomic E-state index is 12.6. The van der Waals surface area contributed by atoms with Crippen LogP contribution in [-0.2, 0) is 19.1 Å². The van der Waals surface area contributed by atoms with Crippen molar-refractivity contribution in [3.05, 3.63) is 23.8 Å². The number of carbonyl (C=O) groups excluding carboxylic acids is 2. The Hall–Kier alpha value is -1.91. The Bertz CT molecular complexity index is 997. The second-order valence-corrected chi connectivity index (χ2v) is 13.2. The number of esters is 1. The molecule has 5 nitrogen and oxygen atoms in total. The van der Waals surface area contributed by atoms with Crippen molar-refractivity contribution in [3.8, 4) is 0 Å². The first kappa shape index (κ1) is 24.8. The number of hydrogen-bond donors (Lipinski definition) is 1. The van der Waals surface area contributed by atoms with Crippen LogP contribution >= 0.6 is 0 Å². The first-order valence-electron chi connectivity index (χ1n) is 13.7. The number of rotatable bonds is 8. The predicted octanol–water partition coefficient (Wildman–Crippen LogP) is 6.12. The molecular weight excluding hydrogens is 440 g/mol. The first-order valence-corrected chi connectivity index (χ1v) is 13.7. The van der Waals surface area contributed by atoms with Gasteiger partial charge in [0.1, 0.15) is 12.4 Å². The molecule has 0 unspecified atom stereocenters. The molecule has 9 atom stereocenters. The van der Waals surface area contributed by atoms with Gasteiger partial charge in [0.25, 0.3) is 0 Å². The van der Waals surface area contributed by atoms with Gasteiger partial charge in [-0.3, -0.25) is 9.59 Å². The van der Waals surface area contributed by atoms with E-state index in [1.807, 2.05) is 6.92 Å². The highest BCUT2D eigenvalue weighted by Crippen LogP contribution is 2.88. The van der Waals surface area contributed by atoms with Crippen LogP contribution in [0.1, 0.15) is 91.9 Å². The molecule has 0 radical (unpaired) electrons. The van der Waals surface area contributed by atoms with E-state index in [9.17, 15) is 19.5 Å². The molecule has 4 saturated carbocycles. The fourth-order valence-corrected chi connectivity index (χ4v) is 10.3. The summed E-state index contributed by atoms with van der Waals surface area (Å²) in [6.07, 6.45) is 12.3. The monoisotopic (exact) mass is 482 g/mol. The van der Waals surface area contributed by atoms with E-state index in [1.54, 1.807) is 0 Å². The Balaban J connectivity index is 1.44. The second-order valence-electron chi connectivity index (χ2n) is 13.2. The molecule has 5 fully saturated rings. The van der Waals surface area contributed by atoms with Crippen LogP contribution in [0.3, 0.4) is 0 Å². The van der Waals surface area contributed by atoms with Crippen LogP contribution in [0.5, 0.6) is 0 Å². The van der Waals surface area contributed by atoms with Gasteiger partial charge >= 0.3 is 11.9 Å². The van der Waals surface area contributed by atoms with Crippen molar-refractivity contribution in [3.63, 3.8) is 0 Å². The summed E-state index contributed by atoms with van der Waals surface area (Å²) in [4.78, 5) is 35.2. The topological polar surface area (TPSA) is 80.7 Å². The van der Waals surface area contributed by atoms with E-state index in [0.717, 1.165) is 44.0 Å². The van der Waals surface area contributed by atoms with E-state index < -0.39 is 5.97 Å². The van der Waals surface area contributed by atoms with Crippen LogP contribution in [0.15, 0.2) is 23.8 Å². The third-order valence-corrected chi connectivity index (χ3v) is 12.2.